The minimum Gasteiger partial charge on any atom is -0.310 e. The highest BCUT2D eigenvalue weighted by atomic mass is 15.1. The molecule has 0 atom stereocenters. The summed E-state index contributed by atoms with van der Waals surface area (Å²) >= 11 is 0. The summed E-state index contributed by atoms with van der Waals surface area (Å²) in [6, 6.07) is 55.9. The molecular weight excluding hydrogens is 506 g/mol. The summed E-state index contributed by atoms with van der Waals surface area (Å²) in [6.45, 7) is 4.33. The van der Waals surface area contributed by atoms with E-state index in [1.807, 2.05) is 0 Å². The average molecular weight is 542 g/mol. The second-order valence-corrected chi connectivity index (χ2v) is 11.7. The van der Waals surface area contributed by atoms with Crippen LogP contribution in [0.4, 0.5) is 17.1 Å². The SMILES string of the molecule is Cc1ccc(CC2(Cc3ccc(C)cc3)c3ccccc3-c3ccc(N(c4ccccc4)c4ccccc4)cc32)cc1. The lowest BCUT2D eigenvalue weighted by atomic mass is 9.69. The molecule has 0 bridgehead atoms. The third-order valence-corrected chi connectivity index (χ3v) is 8.79. The fourth-order valence-electron chi connectivity index (χ4n) is 6.74. The van der Waals surface area contributed by atoms with Gasteiger partial charge in [-0.05, 0) is 96.5 Å². The summed E-state index contributed by atoms with van der Waals surface area (Å²) in [5, 5.41) is 0. The van der Waals surface area contributed by atoms with Crippen molar-refractivity contribution in [1.29, 1.82) is 0 Å². The maximum absolute atomic E-state index is 2.47. The maximum atomic E-state index is 2.47. The van der Waals surface area contributed by atoms with Crippen LogP contribution in [-0.4, -0.2) is 0 Å². The summed E-state index contributed by atoms with van der Waals surface area (Å²) in [5.41, 5.74) is 14.1. The van der Waals surface area contributed by atoms with Crippen molar-refractivity contribution in [3.63, 3.8) is 0 Å². The Morgan fingerprint density at radius 2 is 0.905 bits per heavy atom. The molecule has 0 saturated heterocycles. The van der Waals surface area contributed by atoms with Gasteiger partial charge >= 0.3 is 0 Å². The molecule has 7 rings (SSSR count). The Kier molecular flexibility index (Phi) is 6.72. The van der Waals surface area contributed by atoms with Crippen molar-refractivity contribution >= 4 is 17.1 Å². The van der Waals surface area contributed by atoms with Crippen molar-refractivity contribution in [3.05, 3.63) is 185 Å². The number of hydrogen-bond donors (Lipinski definition) is 0. The minimum atomic E-state index is -0.203. The molecule has 0 spiro atoms. The minimum absolute atomic E-state index is 0.203. The number of hydrogen-bond acceptors (Lipinski definition) is 1. The molecule has 0 saturated carbocycles. The van der Waals surface area contributed by atoms with E-state index >= 15 is 0 Å². The molecule has 42 heavy (non-hydrogen) atoms. The predicted octanol–water partition coefficient (Wildman–Crippen LogP) is 10.5. The average Bonchev–Trinajstić information content (AvgIpc) is 3.29. The van der Waals surface area contributed by atoms with Crippen LogP contribution in [0, 0.1) is 13.8 Å². The third kappa shape index (κ3) is 4.72. The first kappa shape index (κ1) is 26.0. The van der Waals surface area contributed by atoms with Gasteiger partial charge in [0.25, 0.3) is 0 Å². The summed E-state index contributed by atoms with van der Waals surface area (Å²) in [4.78, 5) is 2.38. The van der Waals surface area contributed by atoms with E-state index < -0.39 is 0 Å². The van der Waals surface area contributed by atoms with Gasteiger partial charge < -0.3 is 4.90 Å². The van der Waals surface area contributed by atoms with E-state index in [0.29, 0.717) is 0 Å². The number of rotatable bonds is 7. The van der Waals surface area contributed by atoms with Crippen LogP contribution in [0.1, 0.15) is 33.4 Å². The van der Waals surface area contributed by atoms with Crippen LogP contribution in [-0.2, 0) is 18.3 Å². The molecule has 6 aromatic carbocycles. The smallest absolute Gasteiger partial charge is 0.0465 e. The second kappa shape index (κ2) is 10.8. The Morgan fingerprint density at radius 1 is 0.429 bits per heavy atom. The number of aryl methyl sites for hydroxylation is 2. The zero-order valence-corrected chi connectivity index (χ0v) is 24.3. The number of anilines is 3. The van der Waals surface area contributed by atoms with Gasteiger partial charge in [-0.15, -0.1) is 0 Å². The Labute approximate surface area is 249 Å². The summed E-state index contributed by atoms with van der Waals surface area (Å²) in [7, 11) is 0. The Bertz CT molecular complexity index is 1730. The van der Waals surface area contributed by atoms with Gasteiger partial charge in [0.2, 0.25) is 0 Å². The van der Waals surface area contributed by atoms with Gasteiger partial charge in [0.05, 0.1) is 0 Å². The number of nitrogens with zero attached hydrogens (tertiary/aromatic N) is 1. The number of fused-ring (bicyclic) bond motifs is 3. The molecule has 204 valence electrons. The largest absolute Gasteiger partial charge is 0.310 e. The molecular formula is C41H35N. The van der Waals surface area contributed by atoms with E-state index in [9.17, 15) is 0 Å². The molecule has 0 unspecified atom stereocenters. The van der Waals surface area contributed by atoms with Crippen LogP contribution in [0.3, 0.4) is 0 Å². The van der Waals surface area contributed by atoms with Gasteiger partial charge in [-0.1, -0.05) is 126 Å². The molecule has 0 aliphatic heterocycles. The van der Waals surface area contributed by atoms with Crippen LogP contribution in [0.2, 0.25) is 0 Å². The fourth-order valence-corrected chi connectivity index (χ4v) is 6.74. The summed E-state index contributed by atoms with van der Waals surface area (Å²) in [5.74, 6) is 0. The summed E-state index contributed by atoms with van der Waals surface area (Å²) in [6.07, 6.45) is 1.87. The Hall–Kier alpha value is -4.88. The Morgan fingerprint density at radius 3 is 1.45 bits per heavy atom. The van der Waals surface area contributed by atoms with Crippen LogP contribution in [0.25, 0.3) is 11.1 Å². The van der Waals surface area contributed by atoms with Crippen LogP contribution < -0.4 is 4.90 Å². The number of benzene rings is 6. The molecule has 0 aromatic heterocycles. The lowest BCUT2D eigenvalue weighted by Gasteiger charge is -2.34. The second-order valence-electron chi connectivity index (χ2n) is 11.7. The van der Waals surface area contributed by atoms with Gasteiger partial charge in [-0.2, -0.15) is 0 Å². The lowest BCUT2D eigenvalue weighted by molar-refractivity contribution is 0.520. The normalized spacial score (nSPS) is 12.9. The molecule has 1 aliphatic rings. The monoisotopic (exact) mass is 541 g/mol. The van der Waals surface area contributed by atoms with Crippen molar-refractivity contribution < 1.29 is 0 Å². The van der Waals surface area contributed by atoms with Crippen LogP contribution in [0.15, 0.2) is 152 Å². The molecule has 0 fully saturated rings. The number of para-hydroxylation sites is 2. The van der Waals surface area contributed by atoms with Gasteiger partial charge in [0, 0.05) is 22.5 Å². The van der Waals surface area contributed by atoms with E-state index in [-0.39, 0.29) is 5.41 Å². The molecule has 1 aliphatic carbocycles. The van der Waals surface area contributed by atoms with Gasteiger partial charge in [0.15, 0.2) is 0 Å². The van der Waals surface area contributed by atoms with Crippen molar-refractivity contribution in [2.45, 2.75) is 32.1 Å². The van der Waals surface area contributed by atoms with Crippen molar-refractivity contribution in [1.82, 2.24) is 0 Å². The quantitative estimate of drug-likeness (QED) is 0.194. The molecule has 0 amide bonds. The third-order valence-electron chi connectivity index (χ3n) is 8.79. The molecule has 0 radical (unpaired) electrons. The van der Waals surface area contributed by atoms with Gasteiger partial charge in [0.1, 0.15) is 0 Å². The van der Waals surface area contributed by atoms with Crippen molar-refractivity contribution in [2.24, 2.45) is 0 Å². The first-order chi connectivity index (χ1) is 20.6. The van der Waals surface area contributed by atoms with E-state index in [0.717, 1.165) is 24.2 Å². The topological polar surface area (TPSA) is 3.24 Å². The van der Waals surface area contributed by atoms with E-state index in [4.69, 9.17) is 0 Å². The zero-order chi connectivity index (χ0) is 28.5. The standard InChI is InChI=1S/C41H35N/c1-30-17-21-32(22-18-30)28-41(29-33-23-19-31(2)20-24-33)39-16-10-9-15-37(39)38-26-25-36(27-40(38)41)42(34-11-5-3-6-12-34)35-13-7-4-8-14-35/h3-27H,28-29H2,1-2H3. The van der Waals surface area contributed by atoms with Crippen molar-refractivity contribution in [2.75, 3.05) is 4.90 Å². The van der Waals surface area contributed by atoms with Crippen LogP contribution in [0.5, 0.6) is 0 Å². The van der Waals surface area contributed by atoms with Crippen molar-refractivity contribution in [3.8, 4) is 11.1 Å². The van der Waals surface area contributed by atoms with Gasteiger partial charge in [-0.25, -0.2) is 0 Å². The molecule has 0 N–H and O–H groups in total. The molecule has 0 heterocycles. The Balaban J connectivity index is 1.46. The highest BCUT2D eigenvalue weighted by molar-refractivity contribution is 5.86. The predicted molar refractivity (Wildman–Crippen MR) is 177 cm³/mol. The van der Waals surface area contributed by atoms with Gasteiger partial charge in [-0.3, -0.25) is 0 Å². The molecule has 1 heteroatoms. The fraction of sp³-hybridized carbons (Fsp3) is 0.122. The first-order valence-corrected chi connectivity index (χ1v) is 14.9. The zero-order valence-electron chi connectivity index (χ0n) is 24.3. The van der Waals surface area contributed by atoms with Crippen LogP contribution >= 0.6 is 0 Å². The first-order valence-electron chi connectivity index (χ1n) is 14.9. The molecule has 1 nitrogen and oxygen atoms in total. The van der Waals surface area contributed by atoms with E-state index in [1.54, 1.807) is 0 Å². The van der Waals surface area contributed by atoms with E-state index in [1.165, 1.54) is 50.2 Å². The lowest BCUT2D eigenvalue weighted by Crippen LogP contribution is -2.31. The molecule has 6 aromatic rings. The maximum Gasteiger partial charge on any atom is 0.0465 e. The summed E-state index contributed by atoms with van der Waals surface area (Å²) < 4.78 is 0. The highest BCUT2D eigenvalue weighted by Gasteiger charge is 2.43. The highest BCUT2D eigenvalue weighted by Crippen LogP contribution is 2.54. The van der Waals surface area contributed by atoms with E-state index in [2.05, 4.69) is 170 Å².